The molecule has 1 aliphatic rings. The average molecular weight is 331 g/mol. The van der Waals surface area contributed by atoms with Gasteiger partial charge in [-0.25, -0.2) is 4.98 Å². The van der Waals surface area contributed by atoms with Crippen LogP contribution < -0.4 is 10.6 Å². The SMILES string of the molecule is CC=CC(=C(C)NC)c1cn2c(CN3CCNCC3)csc2n1. The normalized spacial score (nSPS) is 17.9. The van der Waals surface area contributed by atoms with E-state index in [-0.39, 0.29) is 0 Å². The molecule has 0 aromatic carbocycles. The van der Waals surface area contributed by atoms with Crippen molar-refractivity contribution in [1.82, 2.24) is 24.9 Å². The summed E-state index contributed by atoms with van der Waals surface area (Å²) in [6, 6.07) is 0. The second kappa shape index (κ2) is 7.29. The van der Waals surface area contributed by atoms with Crippen LogP contribution in [0.15, 0.2) is 29.4 Å². The molecule has 0 spiro atoms. The maximum Gasteiger partial charge on any atom is 0.194 e. The van der Waals surface area contributed by atoms with Gasteiger partial charge in [-0.1, -0.05) is 12.2 Å². The molecule has 0 aliphatic carbocycles. The Balaban J connectivity index is 1.90. The van der Waals surface area contributed by atoms with E-state index in [1.165, 1.54) is 5.69 Å². The first kappa shape index (κ1) is 16.2. The zero-order valence-electron chi connectivity index (χ0n) is 14.1. The molecular weight excluding hydrogens is 306 g/mol. The first-order valence-electron chi connectivity index (χ1n) is 8.13. The highest BCUT2D eigenvalue weighted by atomic mass is 32.1. The Morgan fingerprint density at radius 2 is 2.22 bits per heavy atom. The summed E-state index contributed by atoms with van der Waals surface area (Å²) in [6.07, 6.45) is 6.35. The minimum atomic E-state index is 0.991. The molecule has 0 bridgehead atoms. The Hall–Kier alpha value is -1.63. The number of allylic oxidation sites excluding steroid dienone is 4. The number of fused-ring (bicyclic) bond motifs is 1. The standard InChI is InChI=1S/C17H25N5S/c1-4-5-15(13(2)18-3)16-11-22-14(12-23-17(22)20-16)10-21-8-6-19-7-9-21/h4-5,11-12,18-19H,6-10H2,1-3H3. The van der Waals surface area contributed by atoms with Crippen molar-refractivity contribution in [2.75, 3.05) is 33.2 Å². The molecule has 1 saturated heterocycles. The zero-order chi connectivity index (χ0) is 16.2. The van der Waals surface area contributed by atoms with Crippen molar-refractivity contribution in [2.45, 2.75) is 20.4 Å². The Bertz CT molecular complexity index is 718. The minimum absolute atomic E-state index is 0.991. The third-order valence-corrected chi connectivity index (χ3v) is 5.16. The van der Waals surface area contributed by atoms with E-state index in [9.17, 15) is 0 Å². The smallest absolute Gasteiger partial charge is 0.194 e. The number of thiazole rings is 1. The van der Waals surface area contributed by atoms with Gasteiger partial charge in [0.05, 0.1) is 5.69 Å². The number of aromatic nitrogens is 2. The van der Waals surface area contributed by atoms with E-state index in [2.05, 4.69) is 50.6 Å². The van der Waals surface area contributed by atoms with Gasteiger partial charge in [-0.2, -0.15) is 0 Å². The highest BCUT2D eigenvalue weighted by Crippen LogP contribution is 2.24. The fraction of sp³-hybridized carbons (Fsp3) is 0.471. The van der Waals surface area contributed by atoms with Crippen LogP contribution in [-0.4, -0.2) is 47.5 Å². The number of hydrogen-bond acceptors (Lipinski definition) is 5. The Kier molecular flexibility index (Phi) is 5.15. The number of hydrogen-bond donors (Lipinski definition) is 2. The molecule has 1 aliphatic heterocycles. The first-order chi connectivity index (χ1) is 11.2. The third-order valence-electron chi connectivity index (χ3n) is 4.27. The van der Waals surface area contributed by atoms with Crippen LogP contribution in [0.2, 0.25) is 0 Å². The lowest BCUT2D eigenvalue weighted by atomic mass is 10.1. The lowest BCUT2D eigenvalue weighted by Crippen LogP contribution is -2.43. The van der Waals surface area contributed by atoms with Crippen molar-refractivity contribution in [3.8, 4) is 0 Å². The summed E-state index contributed by atoms with van der Waals surface area (Å²) in [5.41, 5.74) is 4.65. The summed E-state index contributed by atoms with van der Waals surface area (Å²) in [5.74, 6) is 0. The lowest BCUT2D eigenvalue weighted by molar-refractivity contribution is 0.230. The Morgan fingerprint density at radius 3 is 2.91 bits per heavy atom. The van der Waals surface area contributed by atoms with Crippen LogP contribution in [0, 0.1) is 0 Å². The molecule has 23 heavy (non-hydrogen) atoms. The van der Waals surface area contributed by atoms with E-state index < -0.39 is 0 Å². The Labute approximate surface area is 141 Å². The minimum Gasteiger partial charge on any atom is -0.391 e. The van der Waals surface area contributed by atoms with Crippen molar-refractivity contribution in [3.05, 3.63) is 40.8 Å². The maximum absolute atomic E-state index is 4.82. The molecule has 0 saturated carbocycles. The van der Waals surface area contributed by atoms with Gasteiger partial charge in [-0.05, 0) is 13.8 Å². The number of rotatable bonds is 5. The van der Waals surface area contributed by atoms with Gasteiger partial charge in [0.1, 0.15) is 0 Å². The van der Waals surface area contributed by atoms with Crippen molar-refractivity contribution in [2.24, 2.45) is 0 Å². The van der Waals surface area contributed by atoms with Gasteiger partial charge < -0.3 is 10.6 Å². The molecule has 2 N–H and O–H groups in total. The van der Waals surface area contributed by atoms with Crippen LogP contribution >= 0.6 is 11.3 Å². The number of piperazine rings is 1. The zero-order valence-corrected chi connectivity index (χ0v) is 14.9. The van der Waals surface area contributed by atoms with Crippen LogP contribution in [0.5, 0.6) is 0 Å². The van der Waals surface area contributed by atoms with Crippen LogP contribution in [0.4, 0.5) is 0 Å². The summed E-state index contributed by atoms with van der Waals surface area (Å²) >= 11 is 1.72. The number of nitrogens with one attached hydrogen (secondary N) is 2. The fourth-order valence-corrected chi connectivity index (χ4v) is 3.74. The quantitative estimate of drug-likeness (QED) is 0.826. The van der Waals surface area contributed by atoms with Gasteiger partial charge in [-0.15, -0.1) is 11.3 Å². The van der Waals surface area contributed by atoms with Gasteiger partial charge in [0, 0.05) is 68.3 Å². The second-order valence-electron chi connectivity index (χ2n) is 5.82. The summed E-state index contributed by atoms with van der Waals surface area (Å²) in [4.78, 5) is 8.38. The molecule has 0 atom stereocenters. The van der Waals surface area contributed by atoms with E-state index in [1.807, 2.05) is 14.0 Å². The van der Waals surface area contributed by atoms with Crippen molar-refractivity contribution in [3.63, 3.8) is 0 Å². The molecule has 2 aromatic heterocycles. The van der Waals surface area contributed by atoms with Crippen molar-refractivity contribution in [1.29, 1.82) is 0 Å². The maximum atomic E-state index is 4.82. The van der Waals surface area contributed by atoms with Gasteiger partial charge >= 0.3 is 0 Å². The predicted octanol–water partition coefficient (Wildman–Crippen LogP) is 2.33. The van der Waals surface area contributed by atoms with Crippen molar-refractivity contribution >= 4 is 21.9 Å². The summed E-state index contributed by atoms with van der Waals surface area (Å²) in [7, 11) is 1.95. The number of nitrogens with zero attached hydrogens (tertiary/aromatic N) is 3. The molecule has 0 radical (unpaired) electrons. The van der Waals surface area contributed by atoms with Gasteiger partial charge in [0.15, 0.2) is 4.96 Å². The van der Waals surface area contributed by atoms with Gasteiger partial charge in [0.25, 0.3) is 0 Å². The monoisotopic (exact) mass is 331 g/mol. The first-order valence-corrected chi connectivity index (χ1v) is 9.01. The number of imidazole rings is 1. The molecule has 6 heteroatoms. The highest BCUT2D eigenvalue weighted by molar-refractivity contribution is 7.15. The molecule has 124 valence electrons. The van der Waals surface area contributed by atoms with Crippen LogP contribution in [0.25, 0.3) is 10.5 Å². The van der Waals surface area contributed by atoms with Crippen LogP contribution in [0.1, 0.15) is 25.2 Å². The van der Waals surface area contributed by atoms with E-state index in [4.69, 9.17) is 4.98 Å². The van der Waals surface area contributed by atoms with Crippen LogP contribution in [-0.2, 0) is 6.54 Å². The molecule has 2 aromatic rings. The summed E-state index contributed by atoms with van der Waals surface area (Å²) in [6.45, 7) is 9.51. The van der Waals surface area contributed by atoms with Gasteiger partial charge in [0.2, 0.25) is 0 Å². The highest BCUT2D eigenvalue weighted by Gasteiger charge is 2.15. The third kappa shape index (κ3) is 3.49. The topological polar surface area (TPSA) is 44.6 Å². The largest absolute Gasteiger partial charge is 0.391 e. The molecule has 3 rings (SSSR count). The molecule has 1 fully saturated rings. The molecule has 0 unspecified atom stereocenters. The predicted molar refractivity (Wildman–Crippen MR) is 97.7 cm³/mol. The van der Waals surface area contributed by atoms with Crippen molar-refractivity contribution < 1.29 is 0 Å². The fourth-order valence-electron chi connectivity index (χ4n) is 2.88. The second-order valence-corrected chi connectivity index (χ2v) is 6.66. The Morgan fingerprint density at radius 1 is 1.43 bits per heavy atom. The van der Waals surface area contributed by atoms with E-state index in [0.717, 1.165) is 54.6 Å². The van der Waals surface area contributed by atoms with Gasteiger partial charge in [-0.3, -0.25) is 9.30 Å². The van der Waals surface area contributed by atoms with E-state index in [1.54, 1.807) is 11.3 Å². The lowest BCUT2D eigenvalue weighted by Gasteiger charge is -2.26. The average Bonchev–Trinajstić information content (AvgIpc) is 3.15. The summed E-state index contributed by atoms with van der Waals surface area (Å²) in [5, 5.41) is 8.87. The van der Waals surface area contributed by atoms with E-state index >= 15 is 0 Å². The molecule has 5 nitrogen and oxygen atoms in total. The molecule has 3 heterocycles. The summed E-state index contributed by atoms with van der Waals surface area (Å²) < 4.78 is 2.24. The molecule has 0 amide bonds. The van der Waals surface area contributed by atoms with E-state index in [0.29, 0.717) is 0 Å². The molecular formula is C17H25N5S. The van der Waals surface area contributed by atoms with Crippen LogP contribution in [0.3, 0.4) is 0 Å².